The molecule has 0 unspecified atom stereocenters. The number of esters is 4. The van der Waals surface area contributed by atoms with E-state index in [4.69, 9.17) is 18.9 Å². The maximum Gasteiger partial charge on any atom is 0.331 e. The van der Waals surface area contributed by atoms with E-state index >= 15 is 0 Å². The predicted octanol–water partition coefficient (Wildman–Crippen LogP) is 6.15. The van der Waals surface area contributed by atoms with Crippen molar-refractivity contribution < 1.29 is 38.1 Å². The summed E-state index contributed by atoms with van der Waals surface area (Å²) in [4.78, 5) is 45.9. The van der Waals surface area contributed by atoms with Gasteiger partial charge in [-0.2, -0.15) is 0 Å². The molecular weight excluding hydrogens is 500 g/mol. The number of hydrogen-bond acceptors (Lipinski definition) is 8. The molecule has 2 aliphatic rings. The van der Waals surface area contributed by atoms with Crippen LogP contribution in [0.25, 0.3) is 0 Å². The van der Waals surface area contributed by atoms with Gasteiger partial charge in [0.1, 0.15) is 25.2 Å². The molecule has 2 saturated carbocycles. The van der Waals surface area contributed by atoms with E-state index in [1.54, 1.807) is 0 Å². The molecule has 0 aromatic heterocycles. The van der Waals surface area contributed by atoms with Crippen LogP contribution in [0.15, 0.2) is 42.5 Å². The molecule has 2 fully saturated rings. The average molecular weight is 545 g/mol. The maximum atomic E-state index is 11.6. The molecule has 0 N–H and O–H groups in total. The number of hydrogen-bond donors (Lipinski definition) is 0. The zero-order valence-electron chi connectivity index (χ0n) is 23.3. The van der Waals surface area contributed by atoms with Gasteiger partial charge in [0.2, 0.25) is 0 Å². The van der Waals surface area contributed by atoms with Crippen molar-refractivity contribution in [3.05, 3.63) is 48.0 Å². The van der Waals surface area contributed by atoms with E-state index < -0.39 is 23.9 Å². The Labute approximate surface area is 232 Å². The molecule has 0 aliphatic heterocycles. The number of rotatable bonds is 12. The third-order valence-electron chi connectivity index (χ3n) is 6.57. The molecule has 0 spiro atoms. The van der Waals surface area contributed by atoms with Gasteiger partial charge in [-0.1, -0.05) is 62.9 Å². The van der Waals surface area contributed by atoms with Gasteiger partial charge >= 0.3 is 23.9 Å². The summed E-state index contributed by atoms with van der Waals surface area (Å²) < 4.78 is 20.5. The van der Waals surface area contributed by atoms with Crippen LogP contribution in [-0.4, -0.2) is 42.7 Å². The molecule has 3 rings (SSSR count). The summed E-state index contributed by atoms with van der Waals surface area (Å²) in [7, 11) is 0. The quantitative estimate of drug-likeness (QED) is 0.101. The van der Waals surface area contributed by atoms with Gasteiger partial charge in [-0.25, -0.2) is 9.59 Å². The Morgan fingerprint density at radius 2 is 1.23 bits per heavy atom. The molecule has 0 radical (unpaired) electrons. The van der Waals surface area contributed by atoms with Crippen LogP contribution in [0.3, 0.4) is 0 Å². The summed E-state index contributed by atoms with van der Waals surface area (Å²) in [6.45, 7) is 2.63. The summed E-state index contributed by atoms with van der Waals surface area (Å²) in [6, 6.07) is 9.34. The highest BCUT2D eigenvalue weighted by molar-refractivity contribution is 5.92. The lowest BCUT2D eigenvalue weighted by atomic mass is 9.98. The van der Waals surface area contributed by atoms with Crippen molar-refractivity contribution in [2.45, 2.75) is 116 Å². The van der Waals surface area contributed by atoms with Crippen molar-refractivity contribution in [3.63, 3.8) is 0 Å². The second-order valence-electron chi connectivity index (χ2n) is 9.98. The van der Waals surface area contributed by atoms with Gasteiger partial charge < -0.3 is 18.9 Å². The van der Waals surface area contributed by atoms with Crippen molar-refractivity contribution in [2.24, 2.45) is 0 Å². The van der Waals surface area contributed by atoms with E-state index in [0.717, 1.165) is 76.2 Å². The molecule has 8 heteroatoms. The van der Waals surface area contributed by atoms with Crippen LogP contribution in [-0.2, 0) is 44.7 Å². The highest BCUT2D eigenvalue weighted by Crippen LogP contribution is 2.21. The normalized spacial score (nSPS) is 16.0. The summed E-state index contributed by atoms with van der Waals surface area (Å²) in [6.07, 6.45) is 15.7. The molecule has 8 nitrogen and oxygen atoms in total. The van der Waals surface area contributed by atoms with E-state index in [1.165, 1.54) is 25.0 Å². The third kappa shape index (κ3) is 15.8. The molecule has 0 bridgehead atoms. The second kappa shape index (κ2) is 19.8. The van der Waals surface area contributed by atoms with Crippen LogP contribution >= 0.6 is 0 Å². The SMILES string of the molecule is CCCCCOC(=O)CC(=O)OCc1ccccc1.O=C(/C=C\C(=O)OC1CCCCC1)OC1CCCCC1. The smallest absolute Gasteiger partial charge is 0.331 e. The van der Waals surface area contributed by atoms with Gasteiger partial charge in [-0.05, 0) is 63.4 Å². The Morgan fingerprint density at radius 3 is 1.74 bits per heavy atom. The molecule has 0 amide bonds. The van der Waals surface area contributed by atoms with Gasteiger partial charge in [0.05, 0.1) is 6.61 Å². The van der Waals surface area contributed by atoms with E-state index in [0.29, 0.717) is 6.61 Å². The molecule has 216 valence electrons. The van der Waals surface area contributed by atoms with Gasteiger partial charge in [0.25, 0.3) is 0 Å². The van der Waals surface area contributed by atoms with Crippen LogP contribution in [0.5, 0.6) is 0 Å². The molecule has 0 saturated heterocycles. The Bertz CT molecular complexity index is 849. The topological polar surface area (TPSA) is 105 Å². The summed E-state index contributed by atoms with van der Waals surface area (Å²) in [5, 5.41) is 0. The highest BCUT2D eigenvalue weighted by atomic mass is 16.6. The Balaban J connectivity index is 0.000000274. The van der Waals surface area contributed by atoms with E-state index in [2.05, 4.69) is 6.92 Å². The Morgan fingerprint density at radius 1 is 0.718 bits per heavy atom. The molecule has 0 atom stereocenters. The number of ether oxygens (including phenoxy) is 4. The zero-order valence-corrected chi connectivity index (χ0v) is 23.3. The van der Waals surface area contributed by atoms with Crippen molar-refractivity contribution in [2.75, 3.05) is 6.61 Å². The molecular formula is C31H44O8. The largest absolute Gasteiger partial charge is 0.465 e. The standard InChI is InChI=1S/C16H24O4.C15H20O4/c17-15(19-13-7-3-1-4-8-13)11-12-16(18)20-14-9-5-2-6-10-14;1-2-3-7-10-18-14(16)11-15(17)19-12-13-8-5-4-6-9-13/h11-14H,1-10H2;4-6,8-9H,2-3,7,10-12H2,1H3/b12-11-;. The second-order valence-corrected chi connectivity index (χ2v) is 9.98. The number of unbranched alkanes of at least 4 members (excludes halogenated alkanes) is 2. The first kappa shape index (κ1) is 32.1. The van der Waals surface area contributed by atoms with Gasteiger partial charge in [0.15, 0.2) is 0 Å². The lowest BCUT2D eigenvalue weighted by Crippen LogP contribution is -2.21. The number of benzene rings is 1. The first-order valence-electron chi connectivity index (χ1n) is 14.4. The third-order valence-corrected chi connectivity index (χ3v) is 6.57. The van der Waals surface area contributed by atoms with Crippen LogP contribution in [0.4, 0.5) is 0 Å². The van der Waals surface area contributed by atoms with Gasteiger partial charge in [-0.3, -0.25) is 9.59 Å². The maximum absolute atomic E-state index is 11.6. The number of carbonyl (C=O) groups is 4. The summed E-state index contributed by atoms with van der Waals surface area (Å²) in [5.74, 6) is -1.94. The minimum absolute atomic E-state index is 0.0234. The van der Waals surface area contributed by atoms with Gasteiger partial charge in [0, 0.05) is 12.2 Å². The fourth-order valence-corrected chi connectivity index (χ4v) is 4.41. The minimum Gasteiger partial charge on any atom is -0.465 e. The summed E-state index contributed by atoms with van der Waals surface area (Å²) >= 11 is 0. The van der Waals surface area contributed by atoms with Crippen LogP contribution in [0.2, 0.25) is 0 Å². The number of carbonyl (C=O) groups excluding carboxylic acids is 4. The molecule has 2 aliphatic carbocycles. The van der Waals surface area contributed by atoms with Crippen molar-refractivity contribution in [1.29, 1.82) is 0 Å². The van der Waals surface area contributed by atoms with Crippen molar-refractivity contribution >= 4 is 23.9 Å². The van der Waals surface area contributed by atoms with Crippen LogP contribution < -0.4 is 0 Å². The first-order chi connectivity index (χ1) is 19.0. The summed E-state index contributed by atoms with van der Waals surface area (Å²) in [5.41, 5.74) is 0.896. The average Bonchev–Trinajstić information content (AvgIpc) is 2.95. The molecule has 0 heterocycles. The van der Waals surface area contributed by atoms with E-state index in [-0.39, 0.29) is 25.2 Å². The lowest BCUT2D eigenvalue weighted by Gasteiger charge is -2.21. The van der Waals surface area contributed by atoms with E-state index in [1.807, 2.05) is 30.3 Å². The van der Waals surface area contributed by atoms with Crippen molar-refractivity contribution in [3.8, 4) is 0 Å². The molecule has 1 aromatic carbocycles. The van der Waals surface area contributed by atoms with Gasteiger partial charge in [-0.15, -0.1) is 0 Å². The molecule has 1 aromatic rings. The minimum atomic E-state index is -0.552. The predicted molar refractivity (Wildman–Crippen MR) is 146 cm³/mol. The zero-order chi connectivity index (χ0) is 28.1. The highest BCUT2D eigenvalue weighted by Gasteiger charge is 2.18. The van der Waals surface area contributed by atoms with Crippen LogP contribution in [0, 0.1) is 0 Å². The van der Waals surface area contributed by atoms with E-state index in [9.17, 15) is 19.2 Å². The Hall–Kier alpha value is -3.16. The fraction of sp³-hybridized carbons (Fsp3) is 0.613. The van der Waals surface area contributed by atoms with Crippen LogP contribution in [0.1, 0.15) is 102 Å². The monoisotopic (exact) mass is 544 g/mol. The molecule has 39 heavy (non-hydrogen) atoms. The fourth-order valence-electron chi connectivity index (χ4n) is 4.41. The van der Waals surface area contributed by atoms with Crippen molar-refractivity contribution in [1.82, 2.24) is 0 Å². The first-order valence-corrected chi connectivity index (χ1v) is 14.4. The Kier molecular flexibility index (Phi) is 16.3. The lowest BCUT2D eigenvalue weighted by molar-refractivity contribution is -0.155.